The van der Waals surface area contributed by atoms with Gasteiger partial charge in [-0.15, -0.1) is 0 Å². The lowest BCUT2D eigenvalue weighted by atomic mass is 10.1. The number of unbranched alkanes of at least 4 members (excludes halogenated alkanes) is 1. The van der Waals surface area contributed by atoms with Crippen LogP contribution in [0.3, 0.4) is 0 Å². The van der Waals surface area contributed by atoms with E-state index in [1.165, 1.54) is 0 Å². The van der Waals surface area contributed by atoms with E-state index >= 15 is 0 Å². The van der Waals surface area contributed by atoms with Crippen molar-refractivity contribution < 1.29 is 4.74 Å². The molecule has 0 unspecified atom stereocenters. The normalized spacial score (nSPS) is 11.1. The largest absolute Gasteiger partial charge is 0.492 e. The second-order valence-electron chi connectivity index (χ2n) is 7.41. The fourth-order valence-electron chi connectivity index (χ4n) is 3.47. The van der Waals surface area contributed by atoms with Crippen LogP contribution in [-0.4, -0.2) is 16.2 Å². The van der Waals surface area contributed by atoms with Crippen molar-refractivity contribution >= 4 is 34.1 Å². The molecule has 3 aromatic carbocycles. The van der Waals surface area contributed by atoms with Crippen molar-refractivity contribution in [2.24, 2.45) is 0 Å². The average molecular weight is 453 g/mol. The van der Waals surface area contributed by atoms with Gasteiger partial charge in [0.1, 0.15) is 11.6 Å². The molecule has 0 bridgehead atoms. The first kappa shape index (κ1) is 21.4. The number of ether oxygens (including phenoxy) is 1. The Balaban J connectivity index is 1.54. The molecule has 4 rings (SSSR count). The molecule has 0 aliphatic carbocycles. The van der Waals surface area contributed by atoms with Crippen molar-refractivity contribution in [2.75, 3.05) is 6.61 Å². The first-order valence-electron chi connectivity index (χ1n) is 10.2. The molecule has 0 N–H and O–H groups in total. The van der Waals surface area contributed by atoms with Gasteiger partial charge in [0.05, 0.1) is 22.5 Å². The van der Waals surface area contributed by atoms with Crippen LogP contribution < -0.4 is 10.3 Å². The number of nitrogens with zero attached hydrogens (tertiary/aromatic N) is 2. The number of hydrogen-bond acceptors (Lipinski definition) is 3. The number of rotatable bonds is 7. The summed E-state index contributed by atoms with van der Waals surface area (Å²) in [7, 11) is 0. The van der Waals surface area contributed by atoms with Crippen LogP contribution >= 0.6 is 23.2 Å². The number of hydrogen-bond donors (Lipinski definition) is 0. The van der Waals surface area contributed by atoms with E-state index in [9.17, 15) is 4.79 Å². The highest BCUT2D eigenvalue weighted by atomic mass is 35.5. The summed E-state index contributed by atoms with van der Waals surface area (Å²) >= 11 is 12.2. The van der Waals surface area contributed by atoms with Crippen LogP contribution in [0.2, 0.25) is 10.0 Å². The van der Waals surface area contributed by atoms with Gasteiger partial charge < -0.3 is 4.74 Å². The fourth-order valence-corrected chi connectivity index (χ4v) is 3.77. The van der Waals surface area contributed by atoms with Gasteiger partial charge in [0.15, 0.2) is 0 Å². The second kappa shape index (κ2) is 9.54. The summed E-state index contributed by atoms with van der Waals surface area (Å²) in [5.41, 5.74) is 2.60. The molecule has 0 fully saturated rings. The number of aryl methyl sites for hydroxylation is 1. The molecule has 0 aliphatic rings. The lowest BCUT2D eigenvalue weighted by Crippen LogP contribution is -2.24. The lowest BCUT2D eigenvalue weighted by molar-refractivity contribution is 0.303. The zero-order valence-corrected chi connectivity index (χ0v) is 18.7. The molecular formula is C25H22Cl2N2O2. The van der Waals surface area contributed by atoms with E-state index in [1.807, 2.05) is 73.7 Å². The lowest BCUT2D eigenvalue weighted by Gasteiger charge is -2.14. The van der Waals surface area contributed by atoms with Crippen molar-refractivity contribution in [3.05, 3.63) is 92.7 Å². The van der Waals surface area contributed by atoms with Crippen molar-refractivity contribution in [1.82, 2.24) is 9.55 Å². The van der Waals surface area contributed by atoms with Gasteiger partial charge in [-0.25, -0.2) is 4.98 Å². The summed E-state index contributed by atoms with van der Waals surface area (Å²) in [4.78, 5) is 18.0. The third-order valence-electron chi connectivity index (χ3n) is 5.08. The SMILES string of the molecule is Cc1ccc(Cl)c(OCCCCn2c(-c3ccc(Cl)cc3)nc3ccccc3c2=O)c1. The fraction of sp³-hybridized carbons (Fsp3) is 0.200. The van der Waals surface area contributed by atoms with Crippen LogP contribution in [0, 0.1) is 6.92 Å². The molecule has 0 aliphatic heterocycles. The molecule has 158 valence electrons. The van der Waals surface area contributed by atoms with E-state index in [-0.39, 0.29) is 5.56 Å². The van der Waals surface area contributed by atoms with Crippen molar-refractivity contribution in [3.8, 4) is 17.1 Å². The predicted molar refractivity (Wildman–Crippen MR) is 127 cm³/mol. The van der Waals surface area contributed by atoms with Crippen LogP contribution in [0.1, 0.15) is 18.4 Å². The number of halogens is 2. The van der Waals surface area contributed by atoms with Gasteiger partial charge in [-0.3, -0.25) is 9.36 Å². The van der Waals surface area contributed by atoms with Crippen molar-refractivity contribution in [3.63, 3.8) is 0 Å². The Morgan fingerprint density at radius 1 is 0.968 bits per heavy atom. The van der Waals surface area contributed by atoms with E-state index in [2.05, 4.69) is 0 Å². The molecule has 1 heterocycles. The Bertz CT molecular complexity index is 1270. The standard InChI is InChI=1S/C25H22Cl2N2O2/c1-17-8-13-21(27)23(16-17)31-15-5-4-14-29-24(18-9-11-19(26)12-10-18)28-22-7-3-2-6-20(22)25(29)30/h2-3,6-13,16H,4-5,14-15H2,1H3. The van der Waals surface area contributed by atoms with E-state index in [0.29, 0.717) is 45.7 Å². The molecule has 0 radical (unpaired) electrons. The summed E-state index contributed by atoms with van der Waals surface area (Å²) in [6.45, 7) is 3.06. The Hall–Kier alpha value is -2.82. The highest BCUT2D eigenvalue weighted by molar-refractivity contribution is 6.32. The van der Waals surface area contributed by atoms with Gasteiger partial charge in [-0.05, 0) is 73.9 Å². The van der Waals surface area contributed by atoms with Crippen LogP contribution in [0.5, 0.6) is 5.75 Å². The molecular weight excluding hydrogens is 431 g/mol. The smallest absolute Gasteiger partial charge is 0.261 e. The molecule has 6 heteroatoms. The summed E-state index contributed by atoms with van der Waals surface area (Å²) in [5.74, 6) is 1.33. The maximum absolute atomic E-state index is 13.2. The molecule has 0 spiro atoms. The summed E-state index contributed by atoms with van der Waals surface area (Å²) in [6, 6.07) is 20.5. The zero-order chi connectivity index (χ0) is 21.8. The van der Waals surface area contributed by atoms with Gasteiger partial charge >= 0.3 is 0 Å². The van der Waals surface area contributed by atoms with E-state index in [1.54, 1.807) is 4.57 Å². The Morgan fingerprint density at radius 3 is 2.55 bits per heavy atom. The first-order valence-corrected chi connectivity index (χ1v) is 10.9. The van der Waals surface area contributed by atoms with E-state index in [0.717, 1.165) is 24.0 Å². The van der Waals surface area contributed by atoms with E-state index < -0.39 is 0 Å². The van der Waals surface area contributed by atoms with Gasteiger partial charge in [0, 0.05) is 17.1 Å². The predicted octanol–water partition coefficient (Wildman–Crippen LogP) is 6.54. The summed E-state index contributed by atoms with van der Waals surface area (Å²) in [5, 5.41) is 1.86. The maximum atomic E-state index is 13.2. The summed E-state index contributed by atoms with van der Waals surface area (Å²) in [6.07, 6.45) is 1.55. The van der Waals surface area contributed by atoms with Crippen LogP contribution in [0.25, 0.3) is 22.3 Å². The van der Waals surface area contributed by atoms with E-state index in [4.69, 9.17) is 32.9 Å². The van der Waals surface area contributed by atoms with Crippen molar-refractivity contribution in [2.45, 2.75) is 26.3 Å². The topological polar surface area (TPSA) is 44.1 Å². The zero-order valence-electron chi connectivity index (χ0n) is 17.1. The molecule has 0 amide bonds. The van der Waals surface area contributed by atoms with Gasteiger partial charge in [0.2, 0.25) is 0 Å². The van der Waals surface area contributed by atoms with Crippen molar-refractivity contribution in [1.29, 1.82) is 0 Å². The first-order chi connectivity index (χ1) is 15.0. The maximum Gasteiger partial charge on any atom is 0.261 e. The van der Waals surface area contributed by atoms with Gasteiger partial charge in [-0.2, -0.15) is 0 Å². The Kier molecular flexibility index (Phi) is 6.59. The molecule has 1 aromatic heterocycles. The number of aromatic nitrogens is 2. The van der Waals surface area contributed by atoms with Gasteiger partial charge in [0.25, 0.3) is 5.56 Å². The average Bonchev–Trinajstić information content (AvgIpc) is 2.77. The third kappa shape index (κ3) is 4.92. The quantitative estimate of drug-likeness (QED) is 0.299. The van der Waals surface area contributed by atoms with Crippen LogP contribution in [-0.2, 0) is 6.54 Å². The Morgan fingerprint density at radius 2 is 1.74 bits per heavy atom. The minimum absolute atomic E-state index is 0.0433. The summed E-state index contributed by atoms with van der Waals surface area (Å²) < 4.78 is 7.58. The monoisotopic (exact) mass is 452 g/mol. The molecule has 0 saturated heterocycles. The molecule has 4 nitrogen and oxygen atoms in total. The number of para-hydroxylation sites is 1. The molecule has 4 aromatic rings. The minimum Gasteiger partial charge on any atom is -0.492 e. The van der Waals surface area contributed by atoms with Gasteiger partial charge in [-0.1, -0.05) is 41.4 Å². The van der Waals surface area contributed by atoms with Crippen LogP contribution in [0.15, 0.2) is 71.5 Å². The molecule has 31 heavy (non-hydrogen) atoms. The number of fused-ring (bicyclic) bond motifs is 1. The van der Waals surface area contributed by atoms with Crippen LogP contribution in [0.4, 0.5) is 0 Å². The third-order valence-corrected chi connectivity index (χ3v) is 5.65. The minimum atomic E-state index is -0.0433. The number of benzene rings is 3. The highest BCUT2D eigenvalue weighted by Gasteiger charge is 2.12. The molecule has 0 atom stereocenters. The Labute approximate surface area is 191 Å². The second-order valence-corrected chi connectivity index (χ2v) is 8.25. The highest BCUT2D eigenvalue weighted by Crippen LogP contribution is 2.25. The molecule has 0 saturated carbocycles.